The van der Waals surface area contributed by atoms with Crippen LogP contribution in [-0.2, 0) is 21.3 Å². The van der Waals surface area contributed by atoms with Gasteiger partial charge in [-0.2, -0.15) is 4.31 Å². The summed E-state index contributed by atoms with van der Waals surface area (Å²) >= 11 is 1.62. The van der Waals surface area contributed by atoms with Crippen LogP contribution >= 0.6 is 11.3 Å². The van der Waals surface area contributed by atoms with Crippen molar-refractivity contribution in [3.05, 3.63) is 52.2 Å². The molecule has 1 atom stereocenters. The molecule has 2 aliphatic heterocycles. The second-order valence-corrected chi connectivity index (χ2v) is 10.5. The maximum absolute atomic E-state index is 13.2. The van der Waals surface area contributed by atoms with E-state index in [9.17, 15) is 13.2 Å². The lowest BCUT2D eigenvalue weighted by Gasteiger charge is -2.25. The Morgan fingerprint density at radius 1 is 1.14 bits per heavy atom. The van der Waals surface area contributed by atoms with E-state index in [2.05, 4.69) is 0 Å². The SMILES string of the molecule is O=C(c1ccc(S(=O)(=O)N2CCCC2)cc1)N(Cc1cccs1)CC1CCCO1. The van der Waals surface area contributed by atoms with E-state index in [0.717, 1.165) is 37.2 Å². The maximum atomic E-state index is 13.2. The molecule has 0 spiro atoms. The molecule has 1 aromatic heterocycles. The van der Waals surface area contributed by atoms with Gasteiger partial charge in [-0.05, 0) is 61.4 Å². The van der Waals surface area contributed by atoms with Crippen LogP contribution in [-0.4, -0.2) is 55.9 Å². The van der Waals surface area contributed by atoms with Crippen molar-refractivity contribution in [2.45, 2.75) is 43.2 Å². The highest BCUT2D eigenvalue weighted by Gasteiger charge is 2.28. The largest absolute Gasteiger partial charge is 0.376 e. The molecule has 0 saturated carbocycles. The lowest BCUT2D eigenvalue weighted by Crippen LogP contribution is -2.36. The topological polar surface area (TPSA) is 66.9 Å². The highest BCUT2D eigenvalue weighted by atomic mass is 32.2. The molecule has 156 valence electrons. The molecule has 2 saturated heterocycles. The van der Waals surface area contributed by atoms with Crippen molar-refractivity contribution in [1.82, 2.24) is 9.21 Å². The summed E-state index contributed by atoms with van der Waals surface area (Å²) in [6.45, 7) is 2.96. The van der Waals surface area contributed by atoms with Gasteiger partial charge in [-0.15, -0.1) is 11.3 Å². The van der Waals surface area contributed by atoms with Gasteiger partial charge >= 0.3 is 0 Å². The minimum absolute atomic E-state index is 0.0636. The summed E-state index contributed by atoms with van der Waals surface area (Å²) in [5.41, 5.74) is 0.500. The number of thiophene rings is 1. The number of carbonyl (C=O) groups is 1. The number of rotatable bonds is 7. The average molecular weight is 435 g/mol. The third-order valence-electron chi connectivity index (χ3n) is 5.47. The Morgan fingerprint density at radius 2 is 1.90 bits per heavy atom. The fourth-order valence-electron chi connectivity index (χ4n) is 3.87. The number of ether oxygens (including phenoxy) is 1. The Labute approximate surface area is 176 Å². The molecule has 8 heteroatoms. The van der Waals surface area contributed by atoms with Crippen molar-refractivity contribution in [3.63, 3.8) is 0 Å². The first-order valence-electron chi connectivity index (χ1n) is 10.1. The molecule has 2 aliphatic rings. The van der Waals surface area contributed by atoms with E-state index < -0.39 is 10.0 Å². The van der Waals surface area contributed by atoms with Crippen LogP contribution in [0.2, 0.25) is 0 Å². The smallest absolute Gasteiger partial charge is 0.254 e. The van der Waals surface area contributed by atoms with Gasteiger partial charge in [0, 0.05) is 36.7 Å². The van der Waals surface area contributed by atoms with Crippen LogP contribution in [0.4, 0.5) is 0 Å². The van der Waals surface area contributed by atoms with Gasteiger partial charge in [0.2, 0.25) is 10.0 Å². The second-order valence-electron chi connectivity index (χ2n) is 7.54. The monoisotopic (exact) mass is 434 g/mol. The Morgan fingerprint density at radius 3 is 2.52 bits per heavy atom. The van der Waals surface area contributed by atoms with Crippen LogP contribution in [0.1, 0.15) is 40.9 Å². The van der Waals surface area contributed by atoms with Gasteiger partial charge in [-0.3, -0.25) is 4.79 Å². The molecule has 2 aromatic rings. The molecular formula is C21H26N2O4S2. The first-order chi connectivity index (χ1) is 14.0. The van der Waals surface area contributed by atoms with Crippen LogP contribution in [0.3, 0.4) is 0 Å². The Balaban J connectivity index is 1.51. The van der Waals surface area contributed by atoms with E-state index in [1.54, 1.807) is 35.6 Å². The number of carbonyl (C=O) groups excluding carboxylic acids is 1. The molecule has 0 bridgehead atoms. The number of benzene rings is 1. The lowest BCUT2D eigenvalue weighted by atomic mass is 10.1. The summed E-state index contributed by atoms with van der Waals surface area (Å²) in [5.74, 6) is -0.0981. The van der Waals surface area contributed by atoms with Crippen LogP contribution in [0.25, 0.3) is 0 Å². The molecule has 2 fully saturated rings. The van der Waals surface area contributed by atoms with Crippen LogP contribution in [0.15, 0.2) is 46.7 Å². The summed E-state index contributed by atoms with van der Waals surface area (Å²) in [6.07, 6.45) is 3.84. The lowest BCUT2D eigenvalue weighted by molar-refractivity contribution is 0.0509. The number of amides is 1. The second kappa shape index (κ2) is 8.95. The molecule has 6 nitrogen and oxygen atoms in total. The molecule has 4 rings (SSSR count). The number of hydrogen-bond donors (Lipinski definition) is 0. The normalized spacial score (nSPS) is 20.2. The van der Waals surface area contributed by atoms with E-state index in [0.29, 0.717) is 31.7 Å². The average Bonchev–Trinajstić information content (AvgIpc) is 3.50. The van der Waals surface area contributed by atoms with Crippen molar-refractivity contribution >= 4 is 27.3 Å². The molecule has 3 heterocycles. The Bertz CT molecular complexity index is 914. The fourth-order valence-corrected chi connectivity index (χ4v) is 6.11. The highest BCUT2D eigenvalue weighted by Crippen LogP contribution is 2.23. The van der Waals surface area contributed by atoms with E-state index >= 15 is 0 Å². The first kappa shape index (κ1) is 20.5. The molecule has 1 unspecified atom stereocenters. The van der Waals surface area contributed by atoms with Crippen molar-refractivity contribution < 1.29 is 17.9 Å². The summed E-state index contributed by atoms with van der Waals surface area (Å²) in [5, 5.41) is 2.00. The zero-order valence-corrected chi connectivity index (χ0v) is 18.0. The minimum Gasteiger partial charge on any atom is -0.376 e. The van der Waals surface area contributed by atoms with Gasteiger partial charge in [-0.1, -0.05) is 6.07 Å². The van der Waals surface area contributed by atoms with Crippen molar-refractivity contribution in [2.75, 3.05) is 26.2 Å². The van der Waals surface area contributed by atoms with Crippen molar-refractivity contribution in [2.24, 2.45) is 0 Å². The van der Waals surface area contributed by atoms with Gasteiger partial charge in [-0.25, -0.2) is 8.42 Å². The van der Waals surface area contributed by atoms with Crippen LogP contribution in [0, 0.1) is 0 Å². The first-order valence-corrected chi connectivity index (χ1v) is 12.4. The fraction of sp³-hybridized carbons (Fsp3) is 0.476. The van der Waals surface area contributed by atoms with Gasteiger partial charge in [0.25, 0.3) is 5.91 Å². The zero-order valence-electron chi connectivity index (χ0n) is 16.3. The summed E-state index contributed by atoms with van der Waals surface area (Å²) < 4.78 is 32.7. The standard InChI is InChI=1S/C21H26N2O4S2/c24-21(22(15-18-5-3-13-27-18)16-19-6-4-14-28-19)17-7-9-20(10-8-17)29(25,26)23-11-1-2-12-23/h4,6-10,14,18H,1-3,5,11-13,15-16H2. The van der Waals surface area contributed by atoms with Gasteiger partial charge in [0.15, 0.2) is 0 Å². The summed E-state index contributed by atoms with van der Waals surface area (Å²) in [7, 11) is -3.47. The third-order valence-corrected chi connectivity index (χ3v) is 8.24. The van der Waals surface area contributed by atoms with E-state index in [1.807, 2.05) is 22.4 Å². The molecular weight excluding hydrogens is 408 g/mol. The zero-order chi connectivity index (χ0) is 20.3. The van der Waals surface area contributed by atoms with Gasteiger partial charge in [0.1, 0.15) is 0 Å². The van der Waals surface area contributed by atoms with Crippen molar-refractivity contribution in [3.8, 4) is 0 Å². The molecule has 1 aromatic carbocycles. The molecule has 0 N–H and O–H groups in total. The molecule has 0 radical (unpaired) electrons. The van der Waals surface area contributed by atoms with Gasteiger partial charge < -0.3 is 9.64 Å². The van der Waals surface area contributed by atoms with E-state index in [1.165, 1.54) is 4.31 Å². The van der Waals surface area contributed by atoms with E-state index in [4.69, 9.17) is 4.74 Å². The van der Waals surface area contributed by atoms with Crippen LogP contribution < -0.4 is 0 Å². The van der Waals surface area contributed by atoms with Gasteiger partial charge in [0.05, 0.1) is 17.5 Å². The highest BCUT2D eigenvalue weighted by molar-refractivity contribution is 7.89. The number of nitrogens with zero attached hydrogens (tertiary/aromatic N) is 2. The predicted molar refractivity (Wildman–Crippen MR) is 112 cm³/mol. The summed E-state index contributed by atoms with van der Waals surface area (Å²) in [6, 6.07) is 10.4. The Kier molecular flexibility index (Phi) is 6.34. The summed E-state index contributed by atoms with van der Waals surface area (Å²) in [4.78, 5) is 16.4. The van der Waals surface area contributed by atoms with E-state index in [-0.39, 0.29) is 16.9 Å². The molecule has 1 amide bonds. The van der Waals surface area contributed by atoms with Crippen molar-refractivity contribution in [1.29, 1.82) is 0 Å². The molecule has 29 heavy (non-hydrogen) atoms. The Hall–Kier alpha value is -1.74. The molecule has 0 aliphatic carbocycles. The maximum Gasteiger partial charge on any atom is 0.254 e. The third kappa shape index (κ3) is 4.71. The predicted octanol–water partition coefficient (Wildman–Crippen LogP) is 3.35. The minimum atomic E-state index is -3.47. The number of sulfonamides is 1. The van der Waals surface area contributed by atoms with Crippen LogP contribution in [0.5, 0.6) is 0 Å². The quantitative estimate of drug-likeness (QED) is 0.670. The number of hydrogen-bond acceptors (Lipinski definition) is 5.